The molecule has 4 aromatic rings. The van der Waals surface area contributed by atoms with Gasteiger partial charge in [0.1, 0.15) is 11.6 Å². The van der Waals surface area contributed by atoms with E-state index in [1.807, 2.05) is 49.4 Å². The number of hydrogen-bond acceptors (Lipinski definition) is 3. The minimum Gasteiger partial charge on any atom is -0.493 e. The van der Waals surface area contributed by atoms with Crippen molar-refractivity contribution >= 4 is 16.9 Å². The normalized spacial score (nSPS) is 11.0. The van der Waals surface area contributed by atoms with Crippen molar-refractivity contribution in [2.45, 2.75) is 26.7 Å². The van der Waals surface area contributed by atoms with Gasteiger partial charge in [-0.15, -0.1) is 0 Å². The Bertz CT molecular complexity index is 1300. The summed E-state index contributed by atoms with van der Waals surface area (Å²) in [6.07, 6.45) is 2.06. The van der Waals surface area contributed by atoms with Crippen molar-refractivity contribution < 1.29 is 19.0 Å². The van der Waals surface area contributed by atoms with Crippen LogP contribution >= 0.6 is 0 Å². The third-order valence-corrected chi connectivity index (χ3v) is 5.46. The van der Waals surface area contributed by atoms with Gasteiger partial charge in [0.25, 0.3) is 0 Å². The summed E-state index contributed by atoms with van der Waals surface area (Å²) < 4.78 is 19.7. The number of aryl methyl sites for hydroxylation is 1. The van der Waals surface area contributed by atoms with Gasteiger partial charge in [0, 0.05) is 16.5 Å². The fraction of sp³-hybridized carbons (Fsp3) is 0.185. The van der Waals surface area contributed by atoms with Gasteiger partial charge in [-0.3, -0.25) is 0 Å². The van der Waals surface area contributed by atoms with Crippen LogP contribution in [0.2, 0.25) is 0 Å². The molecule has 5 heteroatoms. The first-order valence-electron chi connectivity index (χ1n) is 10.6. The van der Waals surface area contributed by atoms with Crippen LogP contribution in [0.5, 0.6) is 5.75 Å². The van der Waals surface area contributed by atoms with Gasteiger partial charge in [-0.1, -0.05) is 43.7 Å². The molecule has 0 bridgehead atoms. The number of carbonyl (C=O) groups is 1. The molecule has 1 aromatic heterocycles. The lowest BCUT2D eigenvalue weighted by Gasteiger charge is -2.14. The summed E-state index contributed by atoms with van der Waals surface area (Å²) in [5, 5.41) is 9.93. The van der Waals surface area contributed by atoms with E-state index in [0.717, 1.165) is 40.8 Å². The van der Waals surface area contributed by atoms with Gasteiger partial charge in [-0.2, -0.15) is 0 Å². The number of para-hydroxylation sites is 1. The molecule has 0 fully saturated rings. The number of carboxylic acid groups (broad SMARTS) is 1. The van der Waals surface area contributed by atoms with E-state index in [2.05, 4.69) is 11.9 Å². The number of ether oxygens (including phenoxy) is 1. The van der Waals surface area contributed by atoms with E-state index in [-0.39, 0.29) is 10.9 Å². The van der Waals surface area contributed by atoms with Crippen molar-refractivity contribution in [2.75, 3.05) is 6.61 Å². The fourth-order valence-electron chi connectivity index (χ4n) is 3.79. The summed E-state index contributed by atoms with van der Waals surface area (Å²) >= 11 is 0. The van der Waals surface area contributed by atoms with Crippen LogP contribution in [0.1, 0.15) is 35.7 Å². The zero-order chi connectivity index (χ0) is 22.7. The lowest BCUT2D eigenvalue weighted by molar-refractivity contribution is 0.0699. The van der Waals surface area contributed by atoms with Crippen LogP contribution in [-0.2, 0) is 0 Å². The maximum absolute atomic E-state index is 13.7. The number of carboxylic acids is 1. The molecule has 0 radical (unpaired) electrons. The van der Waals surface area contributed by atoms with Crippen molar-refractivity contribution in [2.24, 2.45) is 0 Å². The predicted octanol–water partition coefficient (Wildman–Crippen LogP) is 6.89. The minimum atomic E-state index is -1.12. The van der Waals surface area contributed by atoms with Gasteiger partial charge in [0.2, 0.25) is 0 Å². The van der Waals surface area contributed by atoms with E-state index in [0.29, 0.717) is 17.8 Å². The van der Waals surface area contributed by atoms with E-state index < -0.39 is 11.8 Å². The summed E-state index contributed by atoms with van der Waals surface area (Å²) in [4.78, 5) is 16.4. The molecule has 32 heavy (non-hydrogen) atoms. The number of rotatable bonds is 7. The zero-order valence-corrected chi connectivity index (χ0v) is 18.1. The standard InChI is InChI=1S/C27H24FNO3/c1-3-4-13-32-26-8-6-5-7-21(26)20-11-9-18(14-17(20)2)25-16-23(27(30)31)22-15-19(28)10-12-24(22)29-25/h5-12,14-16H,3-4,13H2,1-2H3,(H,30,31). The third kappa shape index (κ3) is 4.33. The maximum atomic E-state index is 13.7. The molecular formula is C27H24FNO3. The Morgan fingerprint density at radius 2 is 1.84 bits per heavy atom. The lowest BCUT2D eigenvalue weighted by atomic mass is 9.96. The summed E-state index contributed by atoms with van der Waals surface area (Å²) in [7, 11) is 0. The smallest absolute Gasteiger partial charge is 0.336 e. The maximum Gasteiger partial charge on any atom is 0.336 e. The summed E-state index contributed by atoms with van der Waals surface area (Å²) in [5.41, 5.74) is 4.88. The Morgan fingerprint density at radius 3 is 2.59 bits per heavy atom. The highest BCUT2D eigenvalue weighted by atomic mass is 19.1. The topological polar surface area (TPSA) is 59.4 Å². The van der Waals surface area contributed by atoms with Crippen molar-refractivity contribution in [3.63, 3.8) is 0 Å². The van der Waals surface area contributed by atoms with Gasteiger partial charge in [-0.05, 0) is 60.9 Å². The van der Waals surface area contributed by atoms with Gasteiger partial charge in [-0.25, -0.2) is 14.2 Å². The molecule has 0 spiro atoms. The molecule has 0 aliphatic rings. The molecule has 1 heterocycles. The summed E-state index contributed by atoms with van der Waals surface area (Å²) in [6.45, 7) is 4.81. The van der Waals surface area contributed by atoms with Crippen LogP contribution in [0.15, 0.2) is 66.7 Å². The van der Waals surface area contributed by atoms with Crippen molar-refractivity contribution in [1.29, 1.82) is 0 Å². The first-order chi connectivity index (χ1) is 15.5. The molecule has 1 N–H and O–H groups in total. The largest absolute Gasteiger partial charge is 0.493 e. The van der Waals surface area contributed by atoms with Crippen molar-refractivity contribution in [3.8, 4) is 28.1 Å². The van der Waals surface area contributed by atoms with Crippen molar-refractivity contribution in [1.82, 2.24) is 4.98 Å². The van der Waals surface area contributed by atoms with Gasteiger partial charge in [0.05, 0.1) is 23.4 Å². The van der Waals surface area contributed by atoms with Crippen LogP contribution in [0, 0.1) is 12.7 Å². The second kappa shape index (κ2) is 9.18. The van der Waals surface area contributed by atoms with Crippen LogP contribution < -0.4 is 4.74 Å². The monoisotopic (exact) mass is 429 g/mol. The molecule has 0 aliphatic carbocycles. The average Bonchev–Trinajstić information content (AvgIpc) is 2.79. The first kappa shape index (κ1) is 21.5. The van der Waals surface area contributed by atoms with Crippen LogP contribution in [0.25, 0.3) is 33.3 Å². The second-order valence-electron chi connectivity index (χ2n) is 7.75. The number of hydrogen-bond donors (Lipinski definition) is 1. The highest BCUT2D eigenvalue weighted by molar-refractivity contribution is 6.03. The van der Waals surface area contributed by atoms with Crippen LogP contribution in [0.3, 0.4) is 0 Å². The summed E-state index contributed by atoms with van der Waals surface area (Å²) in [6, 6.07) is 19.4. The average molecular weight is 429 g/mol. The number of aromatic nitrogens is 1. The number of fused-ring (bicyclic) bond motifs is 1. The van der Waals surface area contributed by atoms with E-state index in [4.69, 9.17) is 4.74 Å². The predicted molar refractivity (Wildman–Crippen MR) is 125 cm³/mol. The highest BCUT2D eigenvalue weighted by Gasteiger charge is 2.15. The second-order valence-corrected chi connectivity index (χ2v) is 7.75. The Morgan fingerprint density at radius 1 is 1.03 bits per heavy atom. The number of unbranched alkanes of at least 4 members (excludes halogenated alkanes) is 1. The van der Waals surface area contributed by atoms with Crippen LogP contribution in [-0.4, -0.2) is 22.7 Å². The number of benzene rings is 3. The van der Waals surface area contributed by atoms with Crippen LogP contribution in [0.4, 0.5) is 4.39 Å². The lowest BCUT2D eigenvalue weighted by Crippen LogP contribution is -2.01. The number of aromatic carboxylic acids is 1. The number of pyridine rings is 1. The number of halogens is 1. The van der Waals surface area contributed by atoms with Crippen molar-refractivity contribution in [3.05, 3.63) is 83.7 Å². The van der Waals surface area contributed by atoms with E-state index in [1.54, 1.807) is 0 Å². The Labute approximate surface area is 186 Å². The fourth-order valence-corrected chi connectivity index (χ4v) is 3.79. The zero-order valence-electron chi connectivity index (χ0n) is 18.1. The SMILES string of the molecule is CCCCOc1ccccc1-c1ccc(-c2cc(C(=O)O)c3cc(F)ccc3n2)cc1C. The molecule has 0 unspecified atom stereocenters. The third-order valence-electron chi connectivity index (χ3n) is 5.46. The molecule has 0 saturated heterocycles. The van der Waals surface area contributed by atoms with E-state index >= 15 is 0 Å². The Balaban J connectivity index is 1.76. The molecule has 0 atom stereocenters. The van der Waals surface area contributed by atoms with E-state index in [1.165, 1.54) is 24.3 Å². The molecule has 4 nitrogen and oxygen atoms in total. The molecule has 0 aliphatic heterocycles. The Kier molecular flexibility index (Phi) is 6.17. The minimum absolute atomic E-state index is 0.0286. The molecule has 162 valence electrons. The van der Waals surface area contributed by atoms with E-state index in [9.17, 15) is 14.3 Å². The quantitative estimate of drug-likeness (QED) is 0.325. The van der Waals surface area contributed by atoms with Gasteiger partial charge in [0.15, 0.2) is 0 Å². The number of nitrogens with zero attached hydrogens (tertiary/aromatic N) is 1. The molecule has 0 amide bonds. The first-order valence-corrected chi connectivity index (χ1v) is 10.6. The molecular weight excluding hydrogens is 405 g/mol. The molecule has 0 saturated carbocycles. The van der Waals surface area contributed by atoms with Gasteiger partial charge >= 0.3 is 5.97 Å². The summed E-state index contributed by atoms with van der Waals surface area (Å²) in [5.74, 6) is -0.763. The highest BCUT2D eigenvalue weighted by Crippen LogP contribution is 2.35. The molecule has 4 rings (SSSR count). The Hall–Kier alpha value is -3.73. The molecule has 3 aromatic carbocycles. The van der Waals surface area contributed by atoms with Gasteiger partial charge < -0.3 is 9.84 Å².